The van der Waals surface area contributed by atoms with E-state index in [4.69, 9.17) is 15.3 Å². The van der Waals surface area contributed by atoms with Gasteiger partial charge in [0, 0.05) is 12.6 Å². The minimum Gasteiger partial charge on any atom is -0.377 e. The normalized spacial score (nSPS) is 23.8. The molecule has 1 aliphatic rings. The lowest BCUT2D eigenvalue weighted by Gasteiger charge is -2.09. The first-order valence-corrected chi connectivity index (χ1v) is 5.98. The number of nitrogens with zero attached hydrogens (tertiary/aromatic N) is 2. The van der Waals surface area contributed by atoms with Crippen LogP contribution in [0.1, 0.15) is 12.0 Å². The molecule has 3 N–H and O–H groups in total. The summed E-state index contributed by atoms with van der Waals surface area (Å²) in [5.74, 6) is 4.95. The minimum absolute atomic E-state index is 0.247. The number of hydrogen-bond donors (Lipinski definition) is 2. The van der Waals surface area contributed by atoms with Gasteiger partial charge in [-0.15, -0.1) is 5.11 Å². The van der Waals surface area contributed by atoms with Gasteiger partial charge in [0.25, 0.3) is 0 Å². The van der Waals surface area contributed by atoms with E-state index in [1.54, 1.807) is 0 Å². The molecule has 1 aliphatic heterocycles. The summed E-state index contributed by atoms with van der Waals surface area (Å²) in [5.41, 5.74) is 1.18. The summed E-state index contributed by atoms with van der Waals surface area (Å²) in [6.45, 7) is 1.93. The minimum atomic E-state index is -0.408. The Hall–Kier alpha value is -1.50. The first-order chi connectivity index (χ1) is 8.88. The Morgan fingerprint density at radius 1 is 1.39 bits per heavy atom. The van der Waals surface area contributed by atoms with Gasteiger partial charge >= 0.3 is 0 Å². The average Bonchev–Trinajstić information content (AvgIpc) is 2.84. The second-order valence-corrected chi connectivity index (χ2v) is 4.11. The monoisotopic (exact) mass is 250 g/mol. The van der Waals surface area contributed by atoms with Crippen LogP contribution >= 0.6 is 0 Å². The average molecular weight is 250 g/mol. The van der Waals surface area contributed by atoms with Crippen molar-refractivity contribution in [1.82, 2.24) is 5.32 Å². The zero-order valence-corrected chi connectivity index (χ0v) is 10.2. The van der Waals surface area contributed by atoms with Crippen LogP contribution in [-0.2, 0) is 16.1 Å². The van der Waals surface area contributed by atoms with E-state index in [0.717, 1.165) is 6.42 Å². The topological polar surface area (TPSA) is 81.2 Å². The van der Waals surface area contributed by atoms with E-state index in [9.17, 15) is 0 Å². The van der Waals surface area contributed by atoms with Crippen LogP contribution in [0.3, 0.4) is 0 Å². The van der Waals surface area contributed by atoms with Crippen LogP contribution < -0.4 is 11.2 Å². The smallest absolute Gasteiger partial charge is 0.226 e. The summed E-state index contributed by atoms with van der Waals surface area (Å²) in [4.78, 5) is 0. The molecule has 0 amide bonds. The highest BCUT2D eigenvalue weighted by atomic mass is 16.5. The molecule has 0 saturated carbocycles. The molecule has 6 nitrogen and oxygen atoms in total. The first kappa shape index (κ1) is 12.9. The molecule has 1 unspecified atom stereocenters. The zero-order valence-electron chi connectivity index (χ0n) is 10.2. The van der Waals surface area contributed by atoms with Gasteiger partial charge in [0.15, 0.2) is 0 Å². The fourth-order valence-electron chi connectivity index (χ4n) is 1.79. The number of hydrogen-bond acceptors (Lipinski definition) is 5. The molecule has 1 aromatic carbocycles. The maximum absolute atomic E-state index is 5.60. The van der Waals surface area contributed by atoms with Gasteiger partial charge in [0.05, 0.1) is 13.2 Å². The maximum atomic E-state index is 5.60. The van der Waals surface area contributed by atoms with Crippen LogP contribution in [0.5, 0.6) is 0 Å². The third-order valence-corrected chi connectivity index (χ3v) is 2.73. The van der Waals surface area contributed by atoms with Crippen LogP contribution in [0.2, 0.25) is 0 Å². The van der Waals surface area contributed by atoms with E-state index in [1.165, 1.54) is 5.56 Å². The van der Waals surface area contributed by atoms with Crippen LogP contribution in [0.15, 0.2) is 40.7 Å². The lowest BCUT2D eigenvalue weighted by Crippen LogP contribution is -2.30. The van der Waals surface area contributed by atoms with Crippen molar-refractivity contribution in [3.05, 3.63) is 35.9 Å². The number of ether oxygens (including phenoxy) is 2. The molecule has 1 aromatic rings. The van der Waals surface area contributed by atoms with Crippen LogP contribution in [0.25, 0.3) is 0 Å². The highest BCUT2D eigenvalue weighted by Crippen LogP contribution is 2.08. The number of nitrogens with one attached hydrogen (secondary N) is 1. The van der Waals surface area contributed by atoms with Gasteiger partial charge in [-0.1, -0.05) is 35.6 Å². The van der Waals surface area contributed by atoms with Crippen molar-refractivity contribution in [1.29, 1.82) is 0 Å². The van der Waals surface area contributed by atoms with Gasteiger partial charge in [0.2, 0.25) is 6.35 Å². The largest absolute Gasteiger partial charge is 0.377 e. The van der Waals surface area contributed by atoms with Crippen LogP contribution in [0.4, 0.5) is 0 Å². The van der Waals surface area contributed by atoms with Crippen molar-refractivity contribution in [2.24, 2.45) is 16.2 Å². The van der Waals surface area contributed by atoms with Crippen LogP contribution in [0, 0.1) is 0 Å². The van der Waals surface area contributed by atoms with Crippen molar-refractivity contribution >= 4 is 0 Å². The second kappa shape index (κ2) is 7.05. The number of benzene rings is 1. The Balaban J connectivity index is 1.59. The van der Waals surface area contributed by atoms with E-state index < -0.39 is 6.35 Å². The van der Waals surface area contributed by atoms with Gasteiger partial charge in [-0.2, -0.15) is 0 Å². The first-order valence-electron chi connectivity index (χ1n) is 5.98. The Kier molecular flexibility index (Phi) is 5.07. The van der Waals surface area contributed by atoms with Crippen molar-refractivity contribution in [2.45, 2.75) is 25.4 Å². The molecule has 1 heterocycles. The third kappa shape index (κ3) is 4.06. The zero-order chi connectivity index (χ0) is 12.6. The summed E-state index contributed by atoms with van der Waals surface area (Å²) in [5, 5.41) is 10.0. The Labute approximate surface area is 106 Å². The Morgan fingerprint density at radius 2 is 2.22 bits per heavy atom. The van der Waals surface area contributed by atoms with Gasteiger partial charge in [-0.3, -0.25) is 5.32 Å². The highest BCUT2D eigenvalue weighted by molar-refractivity contribution is 5.13. The summed E-state index contributed by atoms with van der Waals surface area (Å²) in [6, 6.07) is 10.4. The summed E-state index contributed by atoms with van der Waals surface area (Å²) >= 11 is 0. The van der Waals surface area contributed by atoms with Gasteiger partial charge in [0.1, 0.15) is 0 Å². The standard InChI is InChI=1S/C12H18N4O2/c13-16-15-12-14-11(9-18-12)6-7-17-8-10-4-2-1-3-5-10/h1-5,11-12,14H,6-9H2,(H2,13,15)/t11-,12?/m0/s1. The molecule has 1 fully saturated rings. The molecule has 1 saturated heterocycles. The molecule has 18 heavy (non-hydrogen) atoms. The summed E-state index contributed by atoms with van der Waals surface area (Å²) < 4.78 is 10.9. The van der Waals surface area contributed by atoms with Crippen LogP contribution in [-0.4, -0.2) is 25.6 Å². The molecule has 0 bridgehead atoms. The summed E-state index contributed by atoms with van der Waals surface area (Å²) in [6.07, 6.45) is 0.470. The van der Waals surface area contributed by atoms with Crippen molar-refractivity contribution in [3.63, 3.8) is 0 Å². The van der Waals surface area contributed by atoms with Crippen molar-refractivity contribution < 1.29 is 9.47 Å². The van der Waals surface area contributed by atoms with E-state index in [1.807, 2.05) is 18.2 Å². The maximum Gasteiger partial charge on any atom is 0.226 e. The molecule has 2 rings (SSSR count). The molecule has 0 aromatic heterocycles. The molecule has 6 heteroatoms. The SMILES string of the molecule is NN=NC1N[C@@H](CCOCc2ccccc2)CO1. The van der Waals surface area contributed by atoms with Crippen molar-refractivity contribution in [3.8, 4) is 0 Å². The van der Waals surface area contributed by atoms with Gasteiger partial charge in [-0.05, 0) is 12.0 Å². The lowest BCUT2D eigenvalue weighted by atomic mass is 10.2. The molecular formula is C12H18N4O2. The Morgan fingerprint density at radius 3 is 3.00 bits per heavy atom. The quantitative estimate of drug-likeness (QED) is 0.344. The Bertz CT molecular complexity index is 372. The fraction of sp³-hybridized carbons (Fsp3) is 0.500. The predicted octanol–water partition coefficient (Wildman–Crippen LogP) is 1.19. The third-order valence-electron chi connectivity index (χ3n) is 2.73. The molecule has 0 spiro atoms. The second-order valence-electron chi connectivity index (χ2n) is 4.11. The van der Waals surface area contributed by atoms with E-state index in [-0.39, 0.29) is 6.04 Å². The van der Waals surface area contributed by atoms with Crippen molar-refractivity contribution in [2.75, 3.05) is 13.2 Å². The lowest BCUT2D eigenvalue weighted by molar-refractivity contribution is 0.0963. The number of nitrogens with two attached hydrogens (primary N) is 1. The summed E-state index contributed by atoms with van der Waals surface area (Å²) in [7, 11) is 0. The highest BCUT2D eigenvalue weighted by Gasteiger charge is 2.23. The molecule has 98 valence electrons. The van der Waals surface area contributed by atoms with E-state index >= 15 is 0 Å². The number of rotatable bonds is 6. The van der Waals surface area contributed by atoms with E-state index in [0.29, 0.717) is 19.8 Å². The molecule has 2 atom stereocenters. The molecule has 0 aliphatic carbocycles. The van der Waals surface area contributed by atoms with Gasteiger partial charge in [-0.25, -0.2) is 0 Å². The molecule has 0 radical (unpaired) electrons. The fourth-order valence-corrected chi connectivity index (χ4v) is 1.79. The predicted molar refractivity (Wildman–Crippen MR) is 66.4 cm³/mol. The molecular weight excluding hydrogens is 232 g/mol. The van der Waals surface area contributed by atoms with Gasteiger partial charge < -0.3 is 15.3 Å². The van der Waals surface area contributed by atoms with E-state index in [2.05, 4.69) is 27.8 Å².